The Kier molecular flexibility index (Phi) is 3.93. The number of nitrogens with one attached hydrogen (secondary N) is 1. The molecule has 1 N–H and O–H groups in total. The molecule has 0 fully saturated rings. The van der Waals surface area contributed by atoms with Crippen LogP contribution in [0, 0.1) is 0 Å². The summed E-state index contributed by atoms with van der Waals surface area (Å²) in [6, 6.07) is 13.7. The largest absolute Gasteiger partial charge is 0.352 e. The molecule has 2 aromatic carbocycles. The lowest BCUT2D eigenvalue weighted by atomic mass is 10.1. The molecule has 0 saturated heterocycles. The molecule has 1 heterocycles. The summed E-state index contributed by atoms with van der Waals surface area (Å²) in [6.07, 6.45) is 0. The first-order chi connectivity index (χ1) is 11.1. The molecular weight excluding hydrogens is 292 g/mol. The van der Waals surface area contributed by atoms with Gasteiger partial charge in [0.05, 0.1) is 17.7 Å². The molecule has 0 radical (unpaired) electrons. The topological polar surface area (TPSA) is 66.5 Å². The van der Waals surface area contributed by atoms with Crippen molar-refractivity contribution in [1.82, 2.24) is 10.2 Å². The second-order valence-electron chi connectivity index (χ2n) is 5.30. The van der Waals surface area contributed by atoms with E-state index in [0.717, 1.165) is 5.56 Å². The molecule has 0 spiro atoms. The van der Waals surface area contributed by atoms with Crippen LogP contribution in [0.1, 0.15) is 43.6 Å². The smallest absolute Gasteiger partial charge is 0.261 e. The van der Waals surface area contributed by atoms with Crippen LogP contribution in [-0.4, -0.2) is 29.2 Å². The molecule has 116 valence electrons. The zero-order valence-electron chi connectivity index (χ0n) is 12.7. The molecule has 5 heteroatoms. The summed E-state index contributed by atoms with van der Waals surface area (Å²) in [5, 5.41) is 2.73. The highest BCUT2D eigenvalue weighted by Gasteiger charge is 2.34. The van der Waals surface area contributed by atoms with Crippen molar-refractivity contribution in [3.63, 3.8) is 0 Å². The van der Waals surface area contributed by atoms with Gasteiger partial charge in [-0.1, -0.05) is 24.3 Å². The number of carbonyl (C=O) groups is 3. The van der Waals surface area contributed by atoms with Crippen LogP contribution in [0.5, 0.6) is 0 Å². The molecule has 0 aromatic heterocycles. The minimum atomic E-state index is -0.297. The normalized spacial score (nSPS) is 13.2. The van der Waals surface area contributed by atoms with Gasteiger partial charge in [-0.3, -0.25) is 19.3 Å². The van der Waals surface area contributed by atoms with Gasteiger partial charge >= 0.3 is 0 Å². The Hall–Kier alpha value is -2.95. The van der Waals surface area contributed by atoms with Crippen LogP contribution < -0.4 is 5.32 Å². The fraction of sp³-hybridized carbons (Fsp3) is 0.167. The molecular formula is C18H16N2O3. The third-order valence-corrected chi connectivity index (χ3v) is 3.75. The van der Waals surface area contributed by atoms with Gasteiger partial charge < -0.3 is 5.32 Å². The maximum absolute atomic E-state index is 12.4. The van der Waals surface area contributed by atoms with Crippen molar-refractivity contribution < 1.29 is 14.4 Å². The average molecular weight is 308 g/mol. The number of hydrogen-bond donors (Lipinski definition) is 1. The van der Waals surface area contributed by atoms with E-state index in [2.05, 4.69) is 5.32 Å². The van der Waals surface area contributed by atoms with E-state index < -0.39 is 0 Å². The summed E-state index contributed by atoms with van der Waals surface area (Å²) in [5.41, 5.74) is 2.11. The van der Waals surface area contributed by atoms with Crippen molar-refractivity contribution in [2.45, 2.75) is 13.5 Å². The number of carbonyl (C=O) groups excluding carboxylic acids is 3. The van der Waals surface area contributed by atoms with Crippen molar-refractivity contribution >= 4 is 17.7 Å². The van der Waals surface area contributed by atoms with Gasteiger partial charge in [-0.05, 0) is 36.8 Å². The Labute approximate surface area is 133 Å². The van der Waals surface area contributed by atoms with Gasteiger partial charge in [-0.2, -0.15) is 0 Å². The molecule has 1 aliphatic rings. The summed E-state index contributed by atoms with van der Waals surface area (Å²) in [7, 11) is 0. The van der Waals surface area contributed by atoms with Gasteiger partial charge in [0, 0.05) is 12.1 Å². The highest BCUT2D eigenvalue weighted by atomic mass is 16.2. The molecule has 5 nitrogen and oxygen atoms in total. The first kappa shape index (κ1) is 15.0. The zero-order valence-corrected chi connectivity index (χ0v) is 12.7. The lowest BCUT2D eigenvalue weighted by Gasteiger charge is -2.14. The highest BCUT2D eigenvalue weighted by molar-refractivity contribution is 6.21. The molecule has 3 amide bonds. The summed E-state index contributed by atoms with van der Waals surface area (Å²) in [6.45, 7) is 2.54. The Morgan fingerprint density at radius 3 is 2.26 bits per heavy atom. The second-order valence-corrected chi connectivity index (χ2v) is 5.30. The molecule has 0 aliphatic carbocycles. The van der Waals surface area contributed by atoms with Crippen molar-refractivity contribution in [3.05, 3.63) is 70.8 Å². The Morgan fingerprint density at radius 2 is 1.65 bits per heavy atom. The molecule has 23 heavy (non-hydrogen) atoms. The fourth-order valence-electron chi connectivity index (χ4n) is 2.64. The number of benzene rings is 2. The van der Waals surface area contributed by atoms with Gasteiger partial charge in [0.1, 0.15) is 0 Å². The third kappa shape index (κ3) is 2.73. The minimum Gasteiger partial charge on any atom is -0.352 e. The lowest BCUT2D eigenvalue weighted by Crippen LogP contribution is -2.29. The molecule has 1 aliphatic heterocycles. The van der Waals surface area contributed by atoms with Crippen molar-refractivity contribution in [2.24, 2.45) is 0 Å². The predicted molar refractivity (Wildman–Crippen MR) is 85.1 cm³/mol. The molecule has 2 aromatic rings. The number of imide groups is 1. The SMILES string of the molecule is CCNC(=O)c1cccc(CN2C(=O)c3ccccc3C2=O)c1. The van der Waals surface area contributed by atoms with Crippen LogP contribution in [0.2, 0.25) is 0 Å². The van der Waals surface area contributed by atoms with Gasteiger partial charge in [-0.15, -0.1) is 0 Å². The van der Waals surface area contributed by atoms with Crippen LogP contribution >= 0.6 is 0 Å². The van der Waals surface area contributed by atoms with E-state index in [4.69, 9.17) is 0 Å². The molecule has 0 bridgehead atoms. The van der Waals surface area contributed by atoms with Gasteiger partial charge in [0.25, 0.3) is 17.7 Å². The van der Waals surface area contributed by atoms with E-state index in [9.17, 15) is 14.4 Å². The number of nitrogens with zero attached hydrogens (tertiary/aromatic N) is 1. The summed E-state index contributed by atoms with van der Waals surface area (Å²) in [4.78, 5) is 37.8. The van der Waals surface area contributed by atoms with Crippen LogP contribution in [0.15, 0.2) is 48.5 Å². The minimum absolute atomic E-state index is 0.152. The van der Waals surface area contributed by atoms with E-state index >= 15 is 0 Å². The maximum atomic E-state index is 12.4. The van der Waals surface area contributed by atoms with Crippen LogP contribution in [-0.2, 0) is 6.54 Å². The number of hydrogen-bond acceptors (Lipinski definition) is 3. The quantitative estimate of drug-likeness (QED) is 0.881. The van der Waals surface area contributed by atoms with E-state index in [1.165, 1.54) is 4.90 Å². The van der Waals surface area contributed by atoms with Crippen molar-refractivity contribution in [1.29, 1.82) is 0 Å². The van der Waals surface area contributed by atoms with Crippen LogP contribution in [0.25, 0.3) is 0 Å². The predicted octanol–water partition coefficient (Wildman–Crippen LogP) is 2.23. The highest BCUT2D eigenvalue weighted by Crippen LogP contribution is 2.24. The Morgan fingerprint density at radius 1 is 1.00 bits per heavy atom. The zero-order chi connectivity index (χ0) is 16.4. The molecule has 3 rings (SSSR count). The summed E-state index contributed by atoms with van der Waals surface area (Å²) < 4.78 is 0. The standard InChI is InChI=1S/C18H16N2O3/c1-2-19-16(21)13-7-5-6-12(10-13)11-20-17(22)14-8-3-4-9-15(14)18(20)23/h3-10H,2,11H2,1H3,(H,19,21). The first-order valence-electron chi connectivity index (χ1n) is 7.44. The van der Waals surface area contributed by atoms with E-state index in [1.807, 2.05) is 6.92 Å². The van der Waals surface area contributed by atoms with Gasteiger partial charge in [0.2, 0.25) is 0 Å². The van der Waals surface area contributed by atoms with Crippen molar-refractivity contribution in [3.8, 4) is 0 Å². The van der Waals surface area contributed by atoms with E-state index in [-0.39, 0.29) is 24.3 Å². The second kappa shape index (κ2) is 6.04. The Balaban J connectivity index is 1.84. The Bertz CT molecular complexity index is 763. The van der Waals surface area contributed by atoms with Gasteiger partial charge in [0.15, 0.2) is 0 Å². The van der Waals surface area contributed by atoms with Crippen LogP contribution in [0.4, 0.5) is 0 Å². The first-order valence-corrected chi connectivity index (χ1v) is 7.44. The molecule has 0 atom stereocenters. The van der Waals surface area contributed by atoms with E-state index in [0.29, 0.717) is 23.2 Å². The molecule has 0 unspecified atom stereocenters. The number of fused-ring (bicyclic) bond motifs is 1. The van der Waals surface area contributed by atoms with Gasteiger partial charge in [-0.25, -0.2) is 0 Å². The summed E-state index contributed by atoms with van der Waals surface area (Å²) >= 11 is 0. The van der Waals surface area contributed by atoms with E-state index in [1.54, 1.807) is 48.5 Å². The monoisotopic (exact) mass is 308 g/mol. The third-order valence-electron chi connectivity index (χ3n) is 3.75. The molecule has 0 saturated carbocycles. The summed E-state index contributed by atoms with van der Waals surface area (Å²) in [5.74, 6) is -0.764. The number of amides is 3. The van der Waals surface area contributed by atoms with Crippen LogP contribution in [0.3, 0.4) is 0 Å². The fourth-order valence-corrected chi connectivity index (χ4v) is 2.64. The number of rotatable bonds is 4. The maximum Gasteiger partial charge on any atom is 0.261 e. The van der Waals surface area contributed by atoms with Crippen molar-refractivity contribution in [2.75, 3.05) is 6.54 Å². The lowest BCUT2D eigenvalue weighted by molar-refractivity contribution is 0.0642. The average Bonchev–Trinajstić information content (AvgIpc) is 2.81.